The Morgan fingerprint density at radius 2 is 1.68 bits per heavy atom. The Labute approximate surface area is 123 Å². The van der Waals surface area contributed by atoms with Gasteiger partial charge >= 0.3 is 5.97 Å². The van der Waals surface area contributed by atoms with Crippen LogP contribution in [0.15, 0.2) is 28.7 Å². The summed E-state index contributed by atoms with van der Waals surface area (Å²) in [4.78, 5) is 12.0. The Bertz CT molecular complexity index is 435. The van der Waals surface area contributed by atoms with E-state index in [1.165, 1.54) is 0 Å². The van der Waals surface area contributed by atoms with Crippen molar-refractivity contribution >= 4 is 21.9 Å². The average Bonchev–Trinajstić information content (AvgIpc) is 2.32. The second kappa shape index (κ2) is 5.95. The molecule has 106 valence electrons. The van der Waals surface area contributed by atoms with Crippen LogP contribution < -0.4 is 4.74 Å². The van der Waals surface area contributed by atoms with E-state index < -0.39 is 11.0 Å². The number of carbonyl (C=O) groups excluding carboxylic acids is 1. The fourth-order valence-corrected chi connectivity index (χ4v) is 1.75. The van der Waals surface area contributed by atoms with Crippen molar-refractivity contribution in [3.8, 4) is 5.75 Å². The molecule has 0 heterocycles. The SMILES string of the molecule is CCOC(=O)C(C)(C)C(C)(C)Oc1ccc(Br)cc1. The molecule has 0 unspecified atom stereocenters. The van der Waals surface area contributed by atoms with Gasteiger partial charge in [0.05, 0.1) is 6.61 Å². The van der Waals surface area contributed by atoms with Crippen molar-refractivity contribution in [3.63, 3.8) is 0 Å². The Morgan fingerprint density at radius 3 is 2.16 bits per heavy atom. The number of ether oxygens (including phenoxy) is 2. The molecule has 0 aliphatic heterocycles. The summed E-state index contributed by atoms with van der Waals surface area (Å²) < 4.78 is 12.1. The zero-order valence-electron chi connectivity index (χ0n) is 12.1. The molecule has 0 radical (unpaired) electrons. The van der Waals surface area contributed by atoms with E-state index >= 15 is 0 Å². The fraction of sp³-hybridized carbons (Fsp3) is 0.533. The van der Waals surface area contributed by atoms with Gasteiger partial charge in [-0.3, -0.25) is 4.79 Å². The van der Waals surface area contributed by atoms with Crippen LogP contribution in [0.1, 0.15) is 34.6 Å². The van der Waals surface area contributed by atoms with Crippen LogP contribution >= 0.6 is 15.9 Å². The smallest absolute Gasteiger partial charge is 0.315 e. The lowest BCUT2D eigenvalue weighted by Crippen LogP contribution is -2.50. The zero-order chi connectivity index (χ0) is 14.7. The maximum Gasteiger partial charge on any atom is 0.315 e. The third-order valence-electron chi connectivity index (χ3n) is 3.48. The van der Waals surface area contributed by atoms with Gasteiger partial charge in [-0.2, -0.15) is 0 Å². The average molecular weight is 329 g/mol. The summed E-state index contributed by atoms with van der Waals surface area (Å²) in [5.74, 6) is 0.475. The summed E-state index contributed by atoms with van der Waals surface area (Å²) in [5, 5.41) is 0. The van der Waals surface area contributed by atoms with E-state index in [-0.39, 0.29) is 5.97 Å². The van der Waals surface area contributed by atoms with E-state index in [4.69, 9.17) is 9.47 Å². The standard InChI is InChI=1S/C15H21BrO3/c1-6-18-13(17)14(2,3)15(4,5)19-12-9-7-11(16)8-10-12/h7-10H,6H2,1-5H3. The maximum absolute atomic E-state index is 12.0. The molecular formula is C15H21BrO3. The van der Waals surface area contributed by atoms with Crippen molar-refractivity contribution in [2.24, 2.45) is 5.41 Å². The van der Waals surface area contributed by atoms with E-state index in [1.54, 1.807) is 6.92 Å². The first-order valence-corrected chi connectivity index (χ1v) is 7.12. The third kappa shape index (κ3) is 3.72. The number of hydrogen-bond donors (Lipinski definition) is 0. The molecule has 0 saturated carbocycles. The van der Waals surface area contributed by atoms with Crippen molar-refractivity contribution in [2.75, 3.05) is 6.61 Å². The largest absolute Gasteiger partial charge is 0.487 e. The first-order valence-electron chi connectivity index (χ1n) is 6.32. The maximum atomic E-state index is 12.0. The number of halogens is 1. The number of carbonyl (C=O) groups is 1. The number of rotatable bonds is 5. The van der Waals surface area contributed by atoms with Crippen LogP contribution in [-0.2, 0) is 9.53 Å². The monoisotopic (exact) mass is 328 g/mol. The van der Waals surface area contributed by atoms with Gasteiger partial charge in [0.15, 0.2) is 0 Å². The molecule has 1 aromatic carbocycles. The highest BCUT2D eigenvalue weighted by Gasteiger charge is 2.46. The predicted molar refractivity (Wildman–Crippen MR) is 79.3 cm³/mol. The van der Waals surface area contributed by atoms with Crippen LogP contribution in [0, 0.1) is 5.41 Å². The zero-order valence-corrected chi connectivity index (χ0v) is 13.7. The van der Waals surface area contributed by atoms with Crippen LogP contribution in [0.2, 0.25) is 0 Å². The summed E-state index contributed by atoms with van der Waals surface area (Å²) in [5.41, 5.74) is -1.41. The Kier molecular flexibility index (Phi) is 5.02. The topological polar surface area (TPSA) is 35.5 Å². The van der Waals surface area contributed by atoms with Gasteiger partial charge in [-0.1, -0.05) is 15.9 Å². The van der Waals surface area contributed by atoms with Gasteiger partial charge in [-0.05, 0) is 58.9 Å². The minimum Gasteiger partial charge on any atom is -0.487 e. The first-order chi connectivity index (χ1) is 8.70. The molecule has 0 aliphatic rings. The Balaban J connectivity index is 2.90. The number of hydrogen-bond acceptors (Lipinski definition) is 3. The second-order valence-electron chi connectivity index (χ2n) is 5.41. The highest BCUT2D eigenvalue weighted by atomic mass is 79.9. The summed E-state index contributed by atoms with van der Waals surface area (Å²) in [6.07, 6.45) is 0. The first kappa shape index (κ1) is 16.0. The van der Waals surface area contributed by atoms with Gasteiger partial charge in [0, 0.05) is 4.47 Å². The van der Waals surface area contributed by atoms with Gasteiger partial charge in [-0.25, -0.2) is 0 Å². The highest BCUT2D eigenvalue weighted by Crippen LogP contribution is 2.36. The van der Waals surface area contributed by atoms with E-state index in [9.17, 15) is 4.79 Å². The fourth-order valence-electron chi connectivity index (χ4n) is 1.48. The minimum atomic E-state index is -0.740. The second-order valence-corrected chi connectivity index (χ2v) is 6.33. The number of esters is 1. The lowest BCUT2D eigenvalue weighted by atomic mass is 9.77. The van der Waals surface area contributed by atoms with Crippen LogP contribution in [0.3, 0.4) is 0 Å². The molecule has 0 saturated heterocycles. The van der Waals surface area contributed by atoms with Crippen LogP contribution in [0.4, 0.5) is 0 Å². The van der Waals surface area contributed by atoms with Gasteiger partial charge in [0.25, 0.3) is 0 Å². The molecule has 0 fully saturated rings. The molecule has 0 aliphatic carbocycles. The molecule has 0 bridgehead atoms. The summed E-state index contributed by atoms with van der Waals surface area (Å²) in [6.45, 7) is 9.64. The predicted octanol–water partition coefficient (Wildman–Crippen LogP) is 4.20. The van der Waals surface area contributed by atoms with Crippen LogP contribution in [-0.4, -0.2) is 18.2 Å². The molecule has 4 heteroatoms. The quantitative estimate of drug-likeness (QED) is 0.760. The van der Waals surface area contributed by atoms with Crippen molar-refractivity contribution in [2.45, 2.75) is 40.2 Å². The summed E-state index contributed by atoms with van der Waals surface area (Å²) >= 11 is 3.38. The van der Waals surface area contributed by atoms with Crippen molar-refractivity contribution in [3.05, 3.63) is 28.7 Å². The lowest BCUT2D eigenvalue weighted by Gasteiger charge is -2.39. The normalized spacial score (nSPS) is 12.1. The molecule has 0 atom stereocenters. The molecule has 0 spiro atoms. The minimum absolute atomic E-state index is 0.253. The molecule has 0 aromatic heterocycles. The van der Waals surface area contributed by atoms with Gasteiger partial charge in [0.2, 0.25) is 0 Å². The van der Waals surface area contributed by atoms with Gasteiger partial charge < -0.3 is 9.47 Å². The Hall–Kier alpha value is -1.03. The van der Waals surface area contributed by atoms with E-state index in [0.29, 0.717) is 6.61 Å². The highest BCUT2D eigenvalue weighted by molar-refractivity contribution is 9.10. The van der Waals surface area contributed by atoms with Gasteiger partial charge in [0.1, 0.15) is 16.8 Å². The molecule has 0 N–H and O–H groups in total. The number of benzene rings is 1. The van der Waals surface area contributed by atoms with Crippen LogP contribution in [0.25, 0.3) is 0 Å². The van der Waals surface area contributed by atoms with Crippen LogP contribution in [0.5, 0.6) is 5.75 Å². The summed E-state index contributed by atoms with van der Waals surface area (Å²) in [7, 11) is 0. The lowest BCUT2D eigenvalue weighted by molar-refractivity contribution is -0.164. The van der Waals surface area contributed by atoms with E-state index in [0.717, 1.165) is 10.2 Å². The molecule has 19 heavy (non-hydrogen) atoms. The Morgan fingerprint density at radius 1 is 1.16 bits per heavy atom. The molecular weight excluding hydrogens is 308 g/mol. The van der Waals surface area contributed by atoms with Crippen molar-refractivity contribution < 1.29 is 14.3 Å². The van der Waals surface area contributed by atoms with Crippen molar-refractivity contribution in [1.29, 1.82) is 0 Å². The molecule has 1 aromatic rings. The van der Waals surface area contributed by atoms with E-state index in [2.05, 4.69) is 15.9 Å². The molecule has 0 amide bonds. The molecule has 1 rings (SSSR count). The van der Waals surface area contributed by atoms with Crippen molar-refractivity contribution in [1.82, 2.24) is 0 Å². The molecule has 3 nitrogen and oxygen atoms in total. The third-order valence-corrected chi connectivity index (χ3v) is 4.01. The summed E-state index contributed by atoms with van der Waals surface area (Å²) in [6, 6.07) is 7.55. The van der Waals surface area contributed by atoms with Gasteiger partial charge in [-0.15, -0.1) is 0 Å². The van der Waals surface area contributed by atoms with E-state index in [1.807, 2.05) is 52.0 Å².